The lowest BCUT2D eigenvalue weighted by Gasteiger charge is -2.14. The van der Waals surface area contributed by atoms with Gasteiger partial charge in [0.15, 0.2) is 0 Å². The van der Waals surface area contributed by atoms with E-state index in [1.54, 1.807) is 0 Å². The number of para-hydroxylation sites is 1. The van der Waals surface area contributed by atoms with Crippen LogP contribution in [0.4, 0.5) is 0 Å². The lowest BCUT2D eigenvalue weighted by atomic mass is 10.2. The highest BCUT2D eigenvalue weighted by Crippen LogP contribution is 2.30. The van der Waals surface area contributed by atoms with Crippen LogP contribution < -0.4 is 10.1 Å². The third-order valence-electron chi connectivity index (χ3n) is 2.89. The highest BCUT2D eigenvalue weighted by atomic mass is 79.9. The molecule has 0 bridgehead atoms. The molecule has 0 radical (unpaired) electrons. The normalized spacial score (nSPS) is 10.6. The van der Waals surface area contributed by atoms with Crippen molar-refractivity contribution in [3.8, 4) is 5.75 Å². The van der Waals surface area contributed by atoms with Gasteiger partial charge in [0.2, 0.25) is 0 Å². The fourth-order valence-electron chi connectivity index (χ4n) is 1.90. The van der Waals surface area contributed by atoms with Crippen molar-refractivity contribution in [2.75, 3.05) is 6.54 Å². The molecule has 0 heterocycles. The fourth-order valence-corrected chi connectivity index (χ4v) is 2.63. The molecule has 0 atom stereocenters. The van der Waals surface area contributed by atoms with E-state index in [1.165, 1.54) is 0 Å². The summed E-state index contributed by atoms with van der Waals surface area (Å²) in [4.78, 5) is 0. The van der Waals surface area contributed by atoms with Crippen molar-refractivity contribution in [2.24, 2.45) is 0 Å². The second-order valence-electron chi connectivity index (χ2n) is 4.43. The van der Waals surface area contributed by atoms with E-state index in [1.807, 2.05) is 36.4 Å². The van der Waals surface area contributed by atoms with Gasteiger partial charge in [-0.3, -0.25) is 0 Å². The Morgan fingerprint density at radius 3 is 2.75 bits per heavy atom. The third-order valence-corrected chi connectivity index (χ3v) is 3.75. The van der Waals surface area contributed by atoms with Crippen LogP contribution in [0.1, 0.15) is 18.1 Å². The molecule has 0 aliphatic carbocycles. The molecule has 1 N–H and O–H groups in total. The summed E-state index contributed by atoms with van der Waals surface area (Å²) in [6.45, 7) is 4.31. The first-order chi connectivity index (χ1) is 9.70. The van der Waals surface area contributed by atoms with Crippen LogP contribution in [-0.2, 0) is 13.2 Å². The third kappa shape index (κ3) is 4.23. The van der Waals surface area contributed by atoms with Gasteiger partial charge < -0.3 is 10.1 Å². The van der Waals surface area contributed by atoms with E-state index < -0.39 is 0 Å². The van der Waals surface area contributed by atoms with Gasteiger partial charge in [0, 0.05) is 17.1 Å². The number of rotatable bonds is 6. The Morgan fingerprint density at radius 2 is 2.00 bits per heavy atom. The number of benzene rings is 2. The van der Waals surface area contributed by atoms with E-state index in [9.17, 15) is 0 Å². The van der Waals surface area contributed by atoms with Gasteiger partial charge >= 0.3 is 0 Å². The summed E-state index contributed by atoms with van der Waals surface area (Å²) in [6, 6.07) is 13.8. The average molecular weight is 355 g/mol. The summed E-state index contributed by atoms with van der Waals surface area (Å²) in [5, 5.41) is 4.05. The number of nitrogens with one attached hydrogen (secondary N) is 1. The molecule has 0 aromatic heterocycles. The summed E-state index contributed by atoms with van der Waals surface area (Å²) >= 11 is 9.53. The number of halogens is 2. The van der Waals surface area contributed by atoms with E-state index in [-0.39, 0.29) is 0 Å². The minimum atomic E-state index is 0.502. The van der Waals surface area contributed by atoms with Gasteiger partial charge in [-0.1, -0.05) is 42.8 Å². The van der Waals surface area contributed by atoms with E-state index in [0.29, 0.717) is 6.61 Å². The van der Waals surface area contributed by atoms with Gasteiger partial charge in [0.25, 0.3) is 0 Å². The Balaban J connectivity index is 2.11. The van der Waals surface area contributed by atoms with Crippen LogP contribution in [-0.4, -0.2) is 6.54 Å². The summed E-state index contributed by atoms with van der Waals surface area (Å²) in [5.41, 5.74) is 2.20. The number of hydrogen-bond acceptors (Lipinski definition) is 2. The van der Waals surface area contributed by atoms with E-state index in [0.717, 1.165) is 39.5 Å². The maximum atomic E-state index is 5.98. The standard InChI is InChI=1S/C16H17BrClNO/c1-2-19-10-13-6-4-8-15(17)16(13)20-11-12-5-3-7-14(18)9-12/h3-9,19H,2,10-11H2,1H3. The van der Waals surface area contributed by atoms with Gasteiger partial charge in [0.1, 0.15) is 12.4 Å². The molecule has 0 fully saturated rings. The lowest BCUT2D eigenvalue weighted by molar-refractivity contribution is 0.300. The van der Waals surface area contributed by atoms with Crippen molar-refractivity contribution >= 4 is 27.5 Å². The molecule has 4 heteroatoms. The second kappa shape index (κ2) is 7.67. The molecule has 2 aromatic rings. The van der Waals surface area contributed by atoms with Gasteiger partial charge in [-0.05, 0) is 46.2 Å². The summed E-state index contributed by atoms with van der Waals surface area (Å²) in [6.07, 6.45) is 0. The van der Waals surface area contributed by atoms with E-state index in [4.69, 9.17) is 16.3 Å². The first-order valence-electron chi connectivity index (χ1n) is 6.56. The molecule has 0 unspecified atom stereocenters. The number of ether oxygens (including phenoxy) is 1. The molecular weight excluding hydrogens is 338 g/mol. The highest BCUT2D eigenvalue weighted by molar-refractivity contribution is 9.10. The minimum absolute atomic E-state index is 0.502. The molecule has 0 amide bonds. The Morgan fingerprint density at radius 1 is 1.20 bits per heavy atom. The van der Waals surface area contributed by atoms with Crippen molar-refractivity contribution in [3.05, 3.63) is 63.1 Å². The molecule has 0 saturated carbocycles. The van der Waals surface area contributed by atoms with E-state index >= 15 is 0 Å². The van der Waals surface area contributed by atoms with Gasteiger partial charge in [0.05, 0.1) is 4.47 Å². The molecule has 0 aliphatic heterocycles. The fraction of sp³-hybridized carbons (Fsp3) is 0.250. The second-order valence-corrected chi connectivity index (χ2v) is 5.72. The van der Waals surface area contributed by atoms with Crippen LogP contribution >= 0.6 is 27.5 Å². The van der Waals surface area contributed by atoms with Crippen LogP contribution in [0.5, 0.6) is 5.75 Å². The molecule has 106 valence electrons. The quantitative estimate of drug-likeness (QED) is 0.805. The molecule has 0 aliphatic rings. The number of hydrogen-bond donors (Lipinski definition) is 1. The lowest BCUT2D eigenvalue weighted by Crippen LogP contribution is -2.13. The van der Waals surface area contributed by atoms with Crippen molar-refractivity contribution in [3.63, 3.8) is 0 Å². The molecule has 0 spiro atoms. The van der Waals surface area contributed by atoms with Crippen molar-refractivity contribution in [1.29, 1.82) is 0 Å². The zero-order chi connectivity index (χ0) is 14.4. The molecule has 2 aromatic carbocycles. The van der Waals surface area contributed by atoms with Crippen LogP contribution in [0.2, 0.25) is 5.02 Å². The predicted molar refractivity (Wildman–Crippen MR) is 87.3 cm³/mol. The average Bonchev–Trinajstić information content (AvgIpc) is 2.44. The predicted octanol–water partition coefficient (Wildman–Crippen LogP) is 4.79. The zero-order valence-corrected chi connectivity index (χ0v) is 13.7. The van der Waals surface area contributed by atoms with Crippen molar-refractivity contribution in [2.45, 2.75) is 20.1 Å². The maximum absolute atomic E-state index is 5.98. The topological polar surface area (TPSA) is 21.3 Å². The first-order valence-corrected chi connectivity index (χ1v) is 7.73. The Hall–Kier alpha value is -1.03. The molecule has 20 heavy (non-hydrogen) atoms. The highest BCUT2D eigenvalue weighted by Gasteiger charge is 2.08. The van der Waals surface area contributed by atoms with Crippen molar-refractivity contribution in [1.82, 2.24) is 5.32 Å². The summed E-state index contributed by atoms with van der Waals surface area (Å²) < 4.78 is 6.93. The van der Waals surface area contributed by atoms with Crippen LogP contribution in [0.3, 0.4) is 0 Å². The Labute approximate surface area is 133 Å². The largest absolute Gasteiger partial charge is 0.487 e. The molecule has 0 saturated heterocycles. The SMILES string of the molecule is CCNCc1cccc(Br)c1OCc1cccc(Cl)c1. The summed E-state index contributed by atoms with van der Waals surface area (Å²) in [7, 11) is 0. The van der Waals surface area contributed by atoms with Gasteiger partial charge in [-0.2, -0.15) is 0 Å². The van der Waals surface area contributed by atoms with Crippen molar-refractivity contribution < 1.29 is 4.74 Å². The summed E-state index contributed by atoms with van der Waals surface area (Å²) in [5.74, 6) is 0.883. The van der Waals surface area contributed by atoms with E-state index in [2.05, 4.69) is 34.2 Å². The van der Waals surface area contributed by atoms with Crippen LogP contribution in [0.15, 0.2) is 46.9 Å². The van der Waals surface area contributed by atoms with Crippen LogP contribution in [0, 0.1) is 0 Å². The maximum Gasteiger partial charge on any atom is 0.138 e. The first kappa shape index (κ1) is 15.4. The molecule has 2 rings (SSSR count). The monoisotopic (exact) mass is 353 g/mol. The Kier molecular flexibility index (Phi) is 5.89. The smallest absolute Gasteiger partial charge is 0.138 e. The molecular formula is C16H17BrClNO. The molecule has 2 nitrogen and oxygen atoms in total. The van der Waals surface area contributed by atoms with Gasteiger partial charge in [-0.25, -0.2) is 0 Å². The Bertz CT molecular complexity index is 574. The van der Waals surface area contributed by atoms with Gasteiger partial charge in [-0.15, -0.1) is 0 Å². The minimum Gasteiger partial charge on any atom is -0.487 e. The zero-order valence-electron chi connectivity index (χ0n) is 11.3. The van der Waals surface area contributed by atoms with Crippen LogP contribution in [0.25, 0.3) is 0 Å².